The second-order valence-corrected chi connectivity index (χ2v) is 6.68. The second-order valence-electron chi connectivity index (χ2n) is 5.81. The summed E-state index contributed by atoms with van der Waals surface area (Å²) in [6, 6.07) is 7.85. The Bertz CT molecular complexity index is 886. The van der Waals surface area contributed by atoms with E-state index in [4.69, 9.17) is 32.4 Å². The van der Waals surface area contributed by atoms with Gasteiger partial charge in [-0.15, -0.1) is 0 Å². The van der Waals surface area contributed by atoms with E-state index in [0.717, 1.165) is 25.2 Å². The third kappa shape index (κ3) is 3.66. The number of hydrogen-bond acceptors (Lipinski definition) is 6. The van der Waals surface area contributed by atoms with Crippen molar-refractivity contribution in [3.8, 4) is 5.75 Å². The van der Waals surface area contributed by atoms with Gasteiger partial charge in [-0.1, -0.05) is 23.2 Å². The molecule has 1 N–H and O–H groups in total. The molecule has 0 aliphatic carbocycles. The highest BCUT2D eigenvalue weighted by molar-refractivity contribution is 6.31. The van der Waals surface area contributed by atoms with E-state index < -0.39 is 0 Å². The van der Waals surface area contributed by atoms with Crippen molar-refractivity contribution in [2.24, 2.45) is 0 Å². The first-order valence-corrected chi connectivity index (χ1v) is 8.71. The summed E-state index contributed by atoms with van der Waals surface area (Å²) in [5, 5.41) is 4.55. The van der Waals surface area contributed by atoms with E-state index in [1.165, 1.54) is 0 Å². The predicted octanol–water partition coefficient (Wildman–Crippen LogP) is 3.39. The van der Waals surface area contributed by atoms with Crippen LogP contribution in [0.1, 0.15) is 0 Å². The highest BCUT2D eigenvalue weighted by Crippen LogP contribution is 2.26. The van der Waals surface area contributed by atoms with Crippen LogP contribution in [0.3, 0.4) is 0 Å². The molecule has 1 saturated heterocycles. The van der Waals surface area contributed by atoms with Crippen molar-refractivity contribution in [2.45, 2.75) is 6.04 Å². The molecule has 4 rings (SSSR count). The maximum atomic E-state index is 6.02. The lowest BCUT2D eigenvalue weighted by Gasteiger charge is -2.34. The van der Waals surface area contributed by atoms with Crippen LogP contribution < -0.4 is 15.0 Å². The van der Waals surface area contributed by atoms with E-state index >= 15 is 0 Å². The molecular formula is C17H16Cl2N4O2. The second kappa shape index (κ2) is 7.07. The van der Waals surface area contributed by atoms with Gasteiger partial charge < -0.3 is 19.4 Å². The first-order valence-electron chi connectivity index (χ1n) is 7.96. The summed E-state index contributed by atoms with van der Waals surface area (Å²) in [4.78, 5) is 10.7. The maximum absolute atomic E-state index is 6.02. The Morgan fingerprint density at radius 1 is 1.24 bits per heavy atom. The van der Waals surface area contributed by atoms with Gasteiger partial charge in [0.2, 0.25) is 0 Å². The summed E-state index contributed by atoms with van der Waals surface area (Å²) in [7, 11) is 0. The van der Waals surface area contributed by atoms with Crippen molar-refractivity contribution in [3.05, 3.63) is 46.7 Å². The SMILES string of the molecule is Clc1cncc(OCC2CNCCN2c2nc3ccc(Cl)cc3o2)c1. The number of aromatic nitrogens is 2. The summed E-state index contributed by atoms with van der Waals surface area (Å²) < 4.78 is 11.8. The number of benzene rings is 1. The largest absolute Gasteiger partial charge is 0.490 e. The lowest BCUT2D eigenvalue weighted by Crippen LogP contribution is -2.54. The molecule has 0 saturated carbocycles. The number of nitrogens with one attached hydrogen (secondary N) is 1. The highest BCUT2D eigenvalue weighted by atomic mass is 35.5. The van der Waals surface area contributed by atoms with Gasteiger partial charge in [0.05, 0.1) is 17.3 Å². The van der Waals surface area contributed by atoms with Gasteiger partial charge >= 0.3 is 0 Å². The van der Waals surface area contributed by atoms with Crippen molar-refractivity contribution in [3.63, 3.8) is 0 Å². The number of nitrogens with zero attached hydrogens (tertiary/aromatic N) is 3. The first-order chi connectivity index (χ1) is 12.2. The number of pyridine rings is 1. The van der Waals surface area contributed by atoms with Gasteiger partial charge in [-0.25, -0.2) is 0 Å². The van der Waals surface area contributed by atoms with Crippen molar-refractivity contribution in [1.29, 1.82) is 0 Å². The van der Waals surface area contributed by atoms with Crippen LogP contribution in [0.15, 0.2) is 41.1 Å². The monoisotopic (exact) mass is 378 g/mol. The van der Waals surface area contributed by atoms with E-state index in [2.05, 4.69) is 20.2 Å². The van der Waals surface area contributed by atoms with Crippen LogP contribution in [-0.2, 0) is 0 Å². The molecule has 0 spiro atoms. The molecule has 8 heteroatoms. The fourth-order valence-electron chi connectivity index (χ4n) is 2.83. The average Bonchev–Trinajstić information content (AvgIpc) is 3.03. The van der Waals surface area contributed by atoms with E-state index in [1.807, 2.05) is 6.07 Å². The maximum Gasteiger partial charge on any atom is 0.298 e. The molecule has 0 radical (unpaired) electrons. The molecule has 0 bridgehead atoms. The molecule has 1 atom stereocenters. The summed E-state index contributed by atoms with van der Waals surface area (Å²) in [5.74, 6) is 0.641. The molecule has 3 aromatic rings. The fraction of sp³-hybridized carbons (Fsp3) is 0.294. The van der Waals surface area contributed by atoms with Crippen LogP contribution in [0.5, 0.6) is 5.75 Å². The molecule has 3 heterocycles. The van der Waals surface area contributed by atoms with Crippen molar-refractivity contribution in [2.75, 3.05) is 31.1 Å². The summed E-state index contributed by atoms with van der Waals surface area (Å²) in [5.41, 5.74) is 1.47. The van der Waals surface area contributed by atoms with Crippen molar-refractivity contribution >= 4 is 40.3 Å². The van der Waals surface area contributed by atoms with Crippen molar-refractivity contribution in [1.82, 2.24) is 15.3 Å². The van der Waals surface area contributed by atoms with Crippen LogP contribution in [0, 0.1) is 0 Å². The quantitative estimate of drug-likeness (QED) is 0.750. The standard InChI is InChI=1S/C17H16Cl2N4O2/c18-11-1-2-15-16(6-11)25-17(22-15)23-4-3-20-8-13(23)10-24-14-5-12(19)7-21-9-14/h1-2,5-7,9,13,20H,3-4,8,10H2. The minimum atomic E-state index is 0.0799. The lowest BCUT2D eigenvalue weighted by atomic mass is 10.2. The minimum absolute atomic E-state index is 0.0799. The molecule has 1 aromatic carbocycles. The number of anilines is 1. The Morgan fingerprint density at radius 3 is 3.04 bits per heavy atom. The lowest BCUT2D eigenvalue weighted by molar-refractivity contribution is 0.261. The predicted molar refractivity (Wildman–Crippen MR) is 97.8 cm³/mol. The zero-order valence-electron chi connectivity index (χ0n) is 13.3. The first kappa shape index (κ1) is 16.4. The van der Waals surface area contributed by atoms with Crippen LogP contribution in [0.2, 0.25) is 10.0 Å². The smallest absolute Gasteiger partial charge is 0.298 e. The van der Waals surface area contributed by atoms with E-state index in [9.17, 15) is 0 Å². The Balaban J connectivity index is 1.53. The topological polar surface area (TPSA) is 63.4 Å². The zero-order valence-corrected chi connectivity index (χ0v) is 14.8. The number of halogens is 2. The molecular weight excluding hydrogens is 363 g/mol. The van der Waals surface area contributed by atoms with Gasteiger partial charge in [0.25, 0.3) is 6.01 Å². The molecule has 6 nitrogen and oxygen atoms in total. The van der Waals surface area contributed by atoms with Gasteiger partial charge in [-0.2, -0.15) is 4.98 Å². The van der Waals surface area contributed by atoms with Gasteiger partial charge in [0.15, 0.2) is 5.58 Å². The molecule has 25 heavy (non-hydrogen) atoms. The highest BCUT2D eigenvalue weighted by Gasteiger charge is 2.27. The number of ether oxygens (including phenoxy) is 1. The third-order valence-corrected chi connectivity index (χ3v) is 4.50. The fourth-order valence-corrected chi connectivity index (χ4v) is 3.16. The van der Waals surface area contributed by atoms with Gasteiger partial charge in [0.1, 0.15) is 17.9 Å². The Hall–Kier alpha value is -2.02. The van der Waals surface area contributed by atoms with Gasteiger partial charge in [-0.05, 0) is 12.1 Å². The van der Waals surface area contributed by atoms with Crippen LogP contribution in [-0.4, -0.2) is 42.3 Å². The summed E-state index contributed by atoms with van der Waals surface area (Å²) in [6.07, 6.45) is 3.22. The third-order valence-electron chi connectivity index (χ3n) is 4.06. The Labute approximate surface area is 154 Å². The molecule has 0 amide bonds. The summed E-state index contributed by atoms with van der Waals surface area (Å²) >= 11 is 12.0. The number of hydrogen-bond donors (Lipinski definition) is 1. The average molecular weight is 379 g/mol. The van der Waals surface area contributed by atoms with Crippen LogP contribution in [0.25, 0.3) is 11.1 Å². The number of oxazole rings is 1. The van der Waals surface area contributed by atoms with Crippen LogP contribution in [0.4, 0.5) is 6.01 Å². The van der Waals surface area contributed by atoms with Crippen molar-refractivity contribution < 1.29 is 9.15 Å². The normalized spacial score (nSPS) is 17.8. The van der Waals surface area contributed by atoms with Gasteiger partial charge in [-0.3, -0.25) is 4.98 Å². The molecule has 1 aliphatic heterocycles. The molecule has 1 aliphatic rings. The van der Waals surface area contributed by atoms with Crippen LogP contribution >= 0.6 is 23.2 Å². The molecule has 130 valence electrons. The number of piperazine rings is 1. The zero-order chi connectivity index (χ0) is 17.2. The Kier molecular flexibility index (Phi) is 4.65. The van der Waals surface area contributed by atoms with Gasteiger partial charge in [0, 0.05) is 43.0 Å². The molecule has 2 aromatic heterocycles. The summed E-state index contributed by atoms with van der Waals surface area (Å²) in [6.45, 7) is 2.87. The van der Waals surface area contributed by atoms with E-state index in [-0.39, 0.29) is 6.04 Å². The number of rotatable bonds is 4. The molecule has 1 unspecified atom stereocenters. The Morgan fingerprint density at radius 2 is 2.16 bits per heavy atom. The minimum Gasteiger partial charge on any atom is -0.490 e. The molecule has 1 fully saturated rings. The van der Waals surface area contributed by atoms with E-state index in [1.54, 1.807) is 30.6 Å². The number of fused-ring (bicyclic) bond motifs is 1. The van der Waals surface area contributed by atoms with E-state index in [0.29, 0.717) is 34.0 Å².